The summed E-state index contributed by atoms with van der Waals surface area (Å²) in [5.74, 6) is -2.85. The Labute approximate surface area is 233 Å². The average molecular weight is 574 g/mol. The van der Waals surface area contributed by atoms with Gasteiger partial charge in [0, 0.05) is 66.0 Å². The molecule has 228 valence electrons. The number of carboxylic acids is 2. The standard InChI is InChI=1S/C23H39N7O8.CH4O/c1-17-22(37)26-18(23(38)25-17)2-3-24-19(32)14-28-6-4-27(12-13-31)5-7-29(15-20(33)34)10-11-30(9-8-28)16-21(35)36;1-2/h13,17-18H,2-12,14-16H2,1H3,(H,24,32)(H,25,38)(H,26,37)(H,33,34)(H,35,36);2H,1H3/t17-,18-;/m1./s1. The number of aldehydes is 1. The number of rotatable bonds is 11. The number of carbonyl (C=O) groups excluding carboxylic acids is 4. The molecule has 40 heavy (non-hydrogen) atoms. The number of amides is 3. The summed E-state index contributed by atoms with van der Waals surface area (Å²) in [6.45, 7) is 4.70. The summed E-state index contributed by atoms with van der Waals surface area (Å²) in [4.78, 5) is 77.5. The fraction of sp³-hybridized carbons (Fsp3) is 0.750. The van der Waals surface area contributed by atoms with Gasteiger partial charge in [-0.15, -0.1) is 0 Å². The molecular weight excluding hydrogens is 530 g/mol. The quantitative estimate of drug-likeness (QED) is 0.129. The molecule has 2 fully saturated rings. The fourth-order valence-electron chi connectivity index (χ4n) is 4.28. The average Bonchev–Trinajstić information content (AvgIpc) is 2.89. The van der Waals surface area contributed by atoms with Gasteiger partial charge in [0.25, 0.3) is 0 Å². The van der Waals surface area contributed by atoms with E-state index in [4.69, 9.17) is 5.11 Å². The minimum absolute atomic E-state index is 0.0290. The Balaban J connectivity index is 0.00000391. The highest BCUT2D eigenvalue weighted by atomic mass is 16.4. The Morgan fingerprint density at radius 3 is 1.70 bits per heavy atom. The molecule has 0 bridgehead atoms. The third kappa shape index (κ3) is 13.7. The largest absolute Gasteiger partial charge is 0.480 e. The molecule has 0 unspecified atom stereocenters. The molecule has 6 N–H and O–H groups in total. The molecule has 0 saturated carbocycles. The van der Waals surface area contributed by atoms with E-state index in [9.17, 15) is 39.0 Å². The SMILES string of the molecule is CO.C[C@H]1NC(=O)[C@@H](CCNC(=O)CN2CCN(CC=O)CCN(CC(=O)O)CCN(CC(=O)O)CC2)NC1=O. The minimum atomic E-state index is -1.00. The van der Waals surface area contributed by atoms with Crippen LogP contribution in [0.4, 0.5) is 0 Å². The Hall–Kier alpha value is -3.18. The number of aliphatic hydroxyl groups excluding tert-OH is 1. The zero-order chi connectivity index (χ0) is 30.1. The van der Waals surface area contributed by atoms with Gasteiger partial charge in [0.1, 0.15) is 18.4 Å². The number of hydrogen-bond acceptors (Lipinski definition) is 11. The number of carboxylic acid groups (broad SMARTS) is 2. The van der Waals surface area contributed by atoms with Gasteiger partial charge in [-0.05, 0) is 13.3 Å². The van der Waals surface area contributed by atoms with Crippen molar-refractivity contribution in [2.24, 2.45) is 0 Å². The number of aliphatic hydroxyl groups is 1. The molecule has 0 aromatic heterocycles. The summed E-state index contributed by atoms with van der Waals surface area (Å²) in [5.41, 5.74) is 0. The lowest BCUT2D eigenvalue weighted by Gasteiger charge is -2.32. The van der Waals surface area contributed by atoms with Gasteiger partial charge in [-0.3, -0.25) is 43.6 Å². The maximum Gasteiger partial charge on any atom is 0.317 e. The molecule has 0 spiro atoms. The van der Waals surface area contributed by atoms with Crippen LogP contribution in [0.5, 0.6) is 0 Å². The van der Waals surface area contributed by atoms with E-state index in [0.717, 1.165) is 13.4 Å². The first kappa shape index (κ1) is 34.8. The van der Waals surface area contributed by atoms with Crippen LogP contribution in [0.2, 0.25) is 0 Å². The molecule has 2 rings (SSSR count). The number of aliphatic carboxylic acids is 2. The highest BCUT2D eigenvalue weighted by Crippen LogP contribution is 2.02. The van der Waals surface area contributed by atoms with Crippen molar-refractivity contribution in [1.29, 1.82) is 0 Å². The summed E-state index contributed by atoms with van der Waals surface area (Å²) >= 11 is 0. The molecule has 2 aliphatic heterocycles. The number of hydrogen-bond donors (Lipinski definition) is 6. The van der Waals surface area contributed by atoms with Crippen molar-refractivity contribution in [3.8, 4) is 0 Å². The van der Waals surface area contributed by atoms with Crippen molar-refractivity contribution in [3.05, 3.63) is 0 Å². The first-order valence-corrected chi connectivity index (χ1v) is 13.2. The summed E-state index contributed by atoms with van der Waals surface area (Å²) < 4.78 is 0. The third-order valence-electron chi connectivity index (χ3n) is 6.49. The molecule has 0 radical (unpaired) electrons. The van der Waals surface area contributed by atoms with Gasteiger partial charge >= 0.3 is 11.9 Å². The Bertz CT molecular complexity index is 861. The highest BCUT2D eigenvalue weighted by Gasteiger charge is 2.30. The van der Waals surface area contributed by atoms with Crippen LogP contribution in [-0.4, -0.2) is 175 Å². The van der Waals surface area contributed by atoms with Crippen LogP contribution in [-0.2, 0) is 28.8 Å². The molecule has 2 heterocycles. The van der Waals surface area contributed by atoms with Crippen LogP contribution in [0.1, 0.15) is 13.3 Å². The van der Waals surface area contributed by atoms with E-state index in [2.05, 4.69) is 16.0 Å². The zero-order valence-corrected chi connectivity index (χ0v) is 23.2. The first-order chi connectivity index (χ1) is 19.1. The third-order valence-corrected chi connectivity index (χ3v) is 6.49. The Morgan fingerprint density at radius 2 is 1.25 bits per heavy atom. The van der Waals surface area contributed by atoms with Gasteiger partial charge in [0.2, 0.25) is 17.7 Å². The van der Waals surface area contributed by atoms with E-state index in [1.165, 1.54) is 0 Å². The smallest absolute Gasteiger partial charge is 0.317 e. The molecule has 0 aromatic rings. The zero-order valence-electron chi connectivity index (χ0n) is 23.2. The van der Waals surface area contributed by atoms with E-state index < -0.39 is 24.0 Å². The molecule has 2 atom stereocenters. The van der Waals surface area contributed by atoms with Crippen molar-refractivity contribution in [2.75, 3.05) is 92.2 Å². The van der Waals surface area contributed by atoms with Gasteiger partial charge in [-0.1, -0.05) is 0 Å². The van der Waals surface area contributed by atoms with Crippen molar-refractivity contribution >= 4 is 35.9 Å². The van der Waals surface area contributed by atoms with Crippen molar-refractivity contribution < 1.29 is 44.1 Å². The number of carbonyl (C=O) groups is 6. The Kier molecular flexibility index (Phi) is 16.5. The number of nitrogens with one attached hydrogen (secondary N) is 3. The van der Waals surface area contributed by atoms with Crippen LogP contribution in [0.15, 0.2) is 0 Å². The minimum Gasteiger partial charge on any atom is -0.480 e. The van der Waals surface area contributed by atoms with Gasteiger partial charge in [-0.2, -0.15) is 0 Å². The maximum atomic E-state index is 12.7. The number of piperazine rings is 1. The fourth-order valence-corrected chi connectivity index (χ4v) is 4.28. The van der Waals surface area contributed by atoms with Crippen LogP contribution in [0, 0.1) is 0 Å². The van der Waals surface area contributed by atoms with Gasteiger partial charge < -0.3 is 36.1 Å². The van der Waals surface area contributed by atoms with E-state index in [0.29, 0.717) is 52.4 Å². The van der Waals surface area contributed by atoms with Crippen LogP contribution < -0.4 is 16.0 Å². The summed E-state index contributed by atoms with van der Waals surface area (Å²) in [5, 5.41) is 33.5. The molecule has 16 heteroatoms. The second-order valence-electron chi connectivity index (χ2n) is 9.51. The molecule has 2 saturated heterocycles. The lowest BCUT2D eigenvalue weighted by Crippen LogP contribution is -2.61. The topological polar surface area (TPSA) is 212 Å². The Morgan fingerprint density at radius 1 is 0.800 bits per heavy atom. The van der Waals surface area contributed by atoms with Gasteiger partial charge in [-0.25, -0.2) is 0 Å². The van der Waals surface area contributed by atoms with Crippen molar-refractivity contribution in [1.82, 2.24) is 35.6 Å². The predicted molar refractivity (Wildman–Crippen MR) is 142 cm³/mol. The lowest BCUT2D eigenvalue weighted by atomic mass is 10.1. The summed E-state index contributed by atoms with van der Waals surface area (Å²) in [7, 11) is 1.00. The molecule has 0 aliphatic carbocycles. The molecule has 3 amide bonds. The second kappa shape index (κ2) is 19.0. The second-order valence-corrected chi connectivity index (χ2v) is 9.51. The van der Waals surface area contributed by atoms with E-state index in [1.54, 1.807) is 16.7 Å². The monoisotopic (exact) mass is 573 g/mol. The molecule has 2 aliphatic rings. The molecular formula is C24H43N7O9. The van der Waals surface area contributed by atoms with Crippen LogP contribution >= 0.6 is 0 Å². The molecule has 0 aromatic carbocycles. The van der Waals surface area contributed by atoms with E-state index >= 15 is 0 Å². The summed E-state index contributed by atoms with van der Waals surface area (Å²) in [6.07, 6.45) is 1.02. The highest BCUT2D eigenvalue weighted by molar-refractivity contribution is 5.96. The first-order valence-electron chi connectivity index (χ1n) is 13.2. The number of nitrogens with zero attached hydrogens (tertiary/aromatic N) is 4. The van der Waals surface area contributed by atoms with Gasteiger partial charge in [0.05, 0.1) is 26.2 Å². The summed E-state index contributed by atoms with van der Waals surface area (Å²) in [6, 6.07) is -1.32. The maximum absolute atomic E-state index is 12.7. The van der Waals surface area contributed by atoms with Crippen molar-refractivity contribution in [3.63, 3.8) is 0 Å². The van der Waals surface area contributed by atoms with Crippen molar-refractivity contribution in [2.45, 2.75) is 25.4 Å². The normalized spacial score (nSPS) is 22.4. The predicted octanol–water partition coefficient (Wildman–Crippen LogP) is -4.31. The van der Waals surface area contributed by atoms with E-state index in [-0.39, 0.29) is 56.9 Å². The molecule has 16 nitrogen and oxygen atoms in total. The van der Waals surface area contributed by atoms with Gasteiger partial charge in [0.15, 0.2) is 0 Å². The van der Waals surface area contributed by atoms with E-state index in [1.807, 2.05) is 9.80 Å². The lowest BCUT2D eigenvalue weighted by molar-refractivity contribution is -0.140. The van der Waals surface area contributed by atoms with Crippen LogP contribution in [0.25, 0.3) is 0 Å². The van der Waals surface area contributed by atoms with Crippen LogP contribution in [0.3, 0.4) is 0 Å².